The number of aryl methyl sites for hydroxylation is 1. The van der Waals surface area contributed by atoms with Crippen LogP contribution in [0, 0.1) is 25.7 Å². The lowest BCUT2D eigenvalue weighted by atomic mass is 10.1. The predicted molar refractivity (Wildman–Crippen MR) is 85.3 cm³/mol. The lowest BCUT2D eigenvalue weighted by Crippen LogP contribution is -2.36. The third kappa shape index (κ3) is 4.48. The summed E-state index contributed by atoms with van der Waals surface area (Å²) in [5.41, 5.74) is 3.09. The molecule has 20 heavy (non-hydrogen) atoms. The molecule has 0 fully saturated rings. The van der Waals surface area contributed by atoms with Crippen LogP contribution >= 0.6 is 0 Å². The number of aromatic nitrogens is 1. The maximum atomic E-state index is 12.5. The summed E-state index contributed by atoms with van der Waals surface area (Å²) in [6.07, 6.45) is 0. The van der Waals surface area contributed by atoms with Crippen molar-refractivity contribution < 1.29 is 4.79 Å². The highest BCUT2D eigenvalue weighted by atomic mass is 16.1. The third-order valence-corrected chi connectivity index (χ3v) is 3.69. The van der Waals surface area contributed by atoms with E-state index in [1.54, 1.807) is 0 Å². The Balaban J connectivity index is 2.81. The highest BCUT2D eigenvalue weighted by molar-refractivity contribution is 5.99. The minimum atomic E-state index is 0.243. The Morgan fingerprint density at radius 1 is 1.15 bits per heavy atom. The number of carbonyl (C=O) groups is 1. The Kier molecular flexibility index (Phi) is 6.00. The van der Waals surface area contributed by atoms with E-state index in [4.69, 9.17) is 0 Å². The lowest BCUT2D eigenvalue weighted by Gasteiger charge is -2.25. The van der Waals surface area contributed by atoms with Crippen molar-refractivity contribution in [2.24, 2.45) is 18.9 Å². The zero-order chi connectivity index (χ0) is 15.4. The minimum absolute atomic E-state index is 0.243. The molecule has 1 aromatic rings. The van der Waals surface area contributed by atoms with Crippen molar-refractivity contribution in [3.8, 4) is 0 Å². The average Bonchev–Trinajstić information content (AvgIpc) is 2.55. The Labute approximate surface area is 124 Å². The summed E-state index contributed by atoms with van der Waals surface area (Å²) in [5.74, 6) is 1.41. The summed E-state index contributed by atoms with van der Waals surface area (Å²) >= 11 is 0. The van der Waals surface area contributed by atoms with Gasteiger partial charge in [0.1, 0.15) is 0 Å². The molecule has 1 rings (SSSR count). The standard InChI is InChI=1S/C17H30N2O/c1-12(2)9-19(10-13(3)4)11-17(20)16-8-14(5)18(7)15(16)6/h8,12-13H,9-11H2,1-7H3. The van der Waals surface area contributed by atoms with E-state index >= 15 is 0 Å². The van der Waals surface area contributed by atoms with Gasteiger partial charge in [-0.2, -0.15) is 0 Å². The Morgan fingerprint density at radius 2 is 1.65 bits per heavy atom. The van der Waals surface area contributed by atoms with Gasteiger partial charge in [-0.15, -0.1) is 0 Å². The van der Waals surface area contributed by atoms with Crippen LogP contribution in [0.25, 0.3) is 0 Å². The second-order valence-electron chi connectivity index (χ2n) is 6.75. The van der Waals surface area contributed by atoms with Gasteiger partial charge in [0.25, 0.3) is 0 Å². The lowest BCUT2D eigenvalue weighted by molar-refractivity contribution is 0.0911. The summed E-state index contributed by atoms with van der Waals surface area (Å²) < 4.78 is 2.09. The van der Waals surface area contributed by atoms with E-state index in [2.05, 4.69) is 37.2 Å². The second kappa shape index (κ2) is 7.07. The van der Waals surface area contributed by atoms with Gasteiger partial charge < -0.3 is 4.57 Å². The maximum Gasteiger partial charge on any atom is 0.178 e. The van der Waals surface area contributed by atoms with Crippen molar-refractivity contribution in [2.45, 2.75) is 41.5 Å². The van der Waals surface area contributed by atoms with Crippen LogP contribution < -0.4 is 0 Å². The van der Waals surface area contributed by atoms with Crippen molar-refractivity contribution >= 4 is 5.78 Å². The van der Waals surface area contributed by atoms with Gasteiger partial charge >= 0.3 is 0 Å². The molecule has 0 saturated carbocycles. The van der Waals surface area contributed by atoms with Crippen LogP contribution in [0.5, 0.6) is 0 Å². The van der Waals surface area contributed by atoms with Gasteiger partial charge in [0.2, 0.25) is 0 Å². The molecule has 3 heteroatoms. The van der Waals surface area contributed by atoms with Gasteiger partial charge in [-0.1, -0.05) is 27.7 Å². The van der Waals surface area contributed by atoms with E-state index < -0.39 is 0 Å². The highest BCUT2D eigenvalue weighted by Gasteiger charge is 2.18. The van der Waals surface area contributed by atoms with Crippen molar-refractivity contribution in [3.63, 3.8) is 0 Å². The molecular weight excluding hydrogens is 248 g/mol. The van der Waals surface area contributed by atoms with Crippen LogP contribution in [0.3, 0.4) is 0 Å². The fourth-order valence-corrected chi connectivity index (χ4v) is 2.66. The summed E-state index contributed by atoms with van der Waals surface area (Å²) in [6, 6.07) is 2.01. The van der Waals surface area contributed by atoms with Crippen LogP contribution in [0.4, 0.5) is 0 Å². The quantitative estimate of drug-likeness (QED) is 0.714. The SMILES string of the molecule is Cc1cc(C(=O)CN(CC(C)C)CC(C)C)c(C)n1C. The monoisotopic (exact) mass is 278 g/mol. The van der Waals surface area contributed by atoms with E-state index in [1.165, 1.54) is 0 Å². The molecule has 0 unspecified atom stereocenters. The molecule has 0 aromatic carbocycles. The van der Waals surface area contributed by atoms with Crippen LogP contribution in [0.15, 0.2) is 6.07 Å². The Hall–Kier alpha value is -1.09. The van der Waals surface area contributed by atoms with Crippen LogP contribution in [0.2, 0.25) is 0 Å². The molecule has 0 saturated heterocycles. The van der Waals surface area contributed by atoms with E-state index in [-0.39, 0.29) is 5.78 Å². The van der Waals surface area contributed by atoms with Crippen molar-refractivity contribution in [1.29, 1.82) is 0 Å². The molecule has 0 amide bonds. The first kappa shape index (κ1) is 17.0. The summed E-state index contributed by atoms with van der Waals surface area (Å²) in [5, 5.41) is 0. The number of ketones is 1. The largest absolute Gasteiger partial charge is 0.351 e. The van der Waals surface area contributed by atoms with Crippen molar-refractivity contribution in [2.75, 3.05) is 19.6 Å². The topological polar surface area (TPSA) is 25.2 Å². The zero-order valence-electron chi connectivity index (χ0n) is 14.2. The number of rotatable bonds is 7. The van der Waals surface area contributed by atoms with Gasteiger partial charge in [0.05, 0.1) is 6.54 Å². The molecule has 0 aliphatic rings. The average molecular weight is 278 g/mol. The zero-order valence-corrected chi connectivity index (χ0v) is 14.2. The molecule has 0 bridgehead atoms. The van der Waals surface area contributed by atoms with Crippen molar-refractivity contribution in [3.05, 3.63) is 23.0 Å². The number of carbonyl (C=O) groups excluding carboxylic acids is 1. The molecule has 3 nitrogen and oxygen atoms in total. The molecule has 0 spiro atoms. The molecule has 1 aromatic heterocycles. The van der Waals surface area contributed by atoms with Gasteiger partial charge in [-0.25, -0.2) is 0 Å². The molecule has 0 aliphatic carbocycles. The highest BCUT2D eigenvalue weighted by Crippen LogP contribution is 2.15. The number of hydrogen-bond acceptors (Lipinski definition) is 2. The molecule has 0 radical (unpaired) electrons. The van der Waals surface area contributed by atoms with Gasteiger partial charge in [-0.3, -0.25) is 9.69 Å². The molecule has 114 valence electrons. The Morgan fingerprint density at radius 3 is 2.00 bits per heavy atom. The van der Waals surface area contributed by atoms with Crippen LogP contribution in [-0.4, -0.2) is 34.9 Å². The first-order valence-corrected chi connectivity index (χ1v) is 7.60. The summed E-state index contributed by atoms with van der Waals surface area (Å²) in [6.45, 7) is 15.4. The fraction of sp³-hybridized carbons (Fsp3) is 0.706. The number of nitrogens with zero attached hydrogens (tertiary/aromatic N) is 2. The van der Waals surface area contributed by atoms with Gasteiger partial charge in [0.15, 0.2) is 5.78 Å². The normalized spacial score (nSPS) is 11.9. The number of hydrogen-bond donors (Lipinski definition) is 0. The fourth-order valence-electron chi connectivity index (χ4n) is 2.66. The van der Waals surface area contributed by atoms with Gasteiger partial charge in [0, 0.05) is 37.1 Å². The second-order valence-corrected chi connectivity index (χ2v) is 6.75. The first-order chi connectivity index (χ1) is 9.22. The maximum absolute atomic E-state index is 12.5. The summed E-state index contributed by atoms with van der Waals surface area (Å²) in [4.78, 5) is 14.8. The smallest absolute Gasteiger partial charge is 0.178 e. The summed E-state index contributed by atoms with van der Waals surface area (Å²) in [7, 11) is 2.02. The van der Waals surface area contributed by atoms with E-state index in [0.29, 0.717) is 18.4 Å². The molecule has 1 heterocycles. The molecular formula is C17H30N2O. The van der Waals surface area contributed by atoms with Gasteiger partial charge in [-0.05, 0) is 31.7 Å². The van der Waals surface area contributed by atoms with Crippen LogP contribution in [0.1, 0.15) is 49.4 Å². The van der Waals surface area contributed by atoms with E-state index in [0.717, 1.165) is 30.0 Å². The van der Waals surface area contributed by atoms with Crippen LogP contribution in [-0.2, 0) is 7.05 Å². The van der Waals surface area contributed by atoms with E-state index in [1.807, 2.05) is 27.0 Å². The number of Topliss-reactive ketones (excluding diaryl/α,β-unsaturated/α-hetero) is 1. The predicted octanol–water partition coefficient (Wildman–Crippen LogP) is 3.44. The first-order valence-electron chi connectivity index (χ1n) is 7.60. The van der Waals surface area contributed by atoms with E-state index in [9.17, 15) is 4.79 Å². The Bertz CT molecular complexity index is 448. The molecule has 0 N–H and O–H groups in total. The van der Waals surface area contributed by atoms with Crippen molar-refractivity contribution in [1.82, 2.24) is 9.47 Å². The minimum Gasteiger partial charge on any atom is -0.351 e. The molecule has 0 atom stereocenters. The molecule has 0 aliphatic heterocycles. The third-order valence-electron chi connectivity index (χ3n) is 3.69.